The predicted octanol–water partition coefficient (Wildman–Crippen LogP) is 0.920. The molecule has 5 heteroatoms. The minimum Gasteiger partial charge on any atom is -0.382 e. The van der Waals surface area contributed by atoms with E-state index in [9.17, 15) is 0 Å². The lowest BCUT2D eigenvalue weighted by atomic mass is 10.1. The molecule has 0 aliphatic carbocycles. The third kappa shape index (κ3) is 2.41. The van der Waals surface area contributed by atoms with Crippen LogP contribution in [0.5, 0.6) is 0 Å². The summed E-state index contributed by atoms with van der Waals surface area (Å²) in [5, 5.41) is 7.96. The Hall–Kier alpha value is -1.36. The normalized spacial score (nSPS) is 21.4. The third-order valence-electron chi connectivity index (χ3n) is 2.83. The van der Waals surface area contributed by atoms with Crippen LogP contribution in [0, 0.1) is 5.92 Å². The zero-order valence-corrected chi connectivity index (χ0v) is 9.76. The first-order valence-electron chi connectivity index (χ1n) is 5.62. The molecule has 5 nitrogen and oxygen atoms in total. The van der Waals surface area contributed by atoms with E-state index in [0.717, 1.165) is 25.5 Å². The summed E-state index contributed by atoms with van der Waals surface area (Å²) < 4.78 is 5.70. The number of anilines is 2. The monoisotopic (exact) mass is 222 g/mol. The quantitative estimate of drug-likeness (QED) is 0.806. The fourth-order valence-electron chi connectivity index (χ4n) is 1.79. The summed E-state index contributed by atoms with van der Waals surface area (Å²) in [5.74, 6) is 1.85. The molecule has 1 saturated heterocycles. The Labute approximate surface area is 95.6 Å². The molecule has 1 aromatic heterocycles. The van der Waals surface area contributed by atoms with E-state index >= 15 is 0 Å². The number of morpholine rings is 1. The number of hydrogen-bond acceptors (Lipinski definition) is 5. The number of nitrogen functional groups attached to an aromatic ring is 1. The van der Waals surface area contributed by atoms with Crippen molar-refractivity contribution in [3.63, 3.8) is 0 Å². The van der Waals surface area contributed by atoms with Gasteiger partial charge in [0, 0.05) is 13.1 Å². The molecule has 0 spiro atoms. The van der Waals surface area contributed by atoms with Gasteiger partial charge >= 0.3 is 0 Å². The van der Waals surface area contributed by atoms with Crippen LogP contribution in [0.4, 0.5) is 11.6 Å². The largest absolute Gasteiger partial charge is 0.382 e. The molecule has 0 radical (unpaired) electrons. The first-order chi connectivity index (χ1) is 7.66. The molecule has 1 aliphatic rings. The molecule has 1 aliphatic heterocycles. The first kappa shape index (κ1) is 11.1. The van der Waals surface area contributed by atoms with Crippen molar-refractivity contribution in [2.75, 3.05) is 30.3 Å². The maximum Gasteiger partial charge on any atom is 0.151 e. The molecule has 0 bridgehead atoms. The molecule has 2 heterocycles. The van der Waals surface area contributed by atoms with Crippen LogP contribution in [0.1, 0.15) is 13.8 Å². The molecule has 1 atom stereocenters. The molecular formula is C11H18N4O. The highest BCUT2D eigenvalue weighted by molar-refractivity contribution is 5.41. The van der Waals surface area contributed by atoms with E-state index in [2.05, 4.69) is 28.9 Å². The van der Waals surface area contributed by atoms with Gasteiger partial charge in [-0.3, -0.25) is 0 Å². The van der Waals surface area contributed by atoms with Crippen molar-refractivity contribution in [1.82, 2.24) is 10.2 Å². The van der Waals surface area contributed by atoms with E-state index in [-0.39, 0.29) is 6.10 Å². The summed E-state index contributed by atoms with van der Waals surface area (Å²) in [5.41, 5.74) is 5.51. The van der Waals surface area contributed by atoms with Crippen LogP contribution in [-0.2, 0) is 4.74 Å². The molecular weight excluding hydrogens is 204 g/mol. The molecule has 2 rings (SSSR count). The number of aromatic nitrogens is 2. The van der Waals surface area contributed by atoms with Gasteiger partial charge in [-0.25, -0.2) is 0 Å². The van der Waals surface area contributed by atoms with Crippen molar-refractivity contribution in [3.05, 3.63) is 12.1 Å². The van der Waals surface area contributed by atoms with E-state index in [0.29, 0.717) is 11.7 Å². The molecule has 0 aromatic carbocycles. The SMILES string of the molecule is CC(C)C1CN(c2ccc(N)nn2)CCO1. The zero-order chi connectivity index (χ0) is 11.5. The molecule has 1 fully saturated rings. The molecule has 88 valence electrons. The van der Waals surface area contributed by atoms with Crippen molar-refractivity contribution in [1.29, 1.82) is 0 Å². The van der Waals surface area contributed by atoms with E-state index in [1.165, 1.54) is 0 Å². The van der Waals surface area contributed by atoms with Gasteiger partial charge in [0.1, 0.15) is 5.82 Å². The summed E-state index contributed by atoms with van der Waals surface area (Å²) in [4.78, 5) is 2.20. The highest BCUT2D eigenvalue weighted by atomic mass is 16.5. The van der Waals surface area contributed by atoms with Gasteiger partial charge in [0.05, 0.1) is 12.7 Å². The fourth-order valence-corrected chi connectivity index (χ4v) is 1.79. The van der Waals surface area contributed by atoms with Crippen LogP contribution >= 0.6 is 0 Å². The lowest BCUT2D eigenvalue weighted by molar-refractivity contribution is 0.0111. The smallest absolute Gasteiger partial charge is 0.151 e. The van der Waals surface area contributed by atoms with E-state index < -0.39 is 0 Å². The molecule has 0 amide bonds. The van der Waals surface area contributed by atoms with E-state index in [4.69, 9.17) is 10.5 Å². The van der Waals surface area contributed by atoms with Crippen molar-refractivity contribution in [3.8, 4) is 0 Å². The Kier molecular flexibility index (Phi) is 3.24. The van der Waals surface area contributed by atoms with Gasteiger partial charge in [-0.15, -0.1) is 10.2 Å². The van der Waals surface area contributed by atoms with Crippen LogP contribution in [0.2, 0.25) is 0 Å². The topological polar surface area (TPSA) is 64.3 Å². The lowest BCUT2D eigenvalue weighted by Crippen LogP contribution is -2.45. The van der Waals surface area contributed by atoms with Gasteiger partial charge < -0.3 is 15.4 Å². The van der Waals surface area contributed by atoms with Crippen molar-refractivity contribution in [2.24, 2.45) is 5.92 Å². The van der Waals surface area contributed by atoms with Crippen molar-refractivity contribution in [2.45, 2.75) is 20.0 Å². The van der Waals surface area contributed by atoms with Gasteiger partial charge in [-0.1, -0.05) is 13.8 Å². The number of nitrogens with two attached hydrogens (primary N) is 1. The maximum absolute atomic E-state index is 5.70. The van der Waals surface area contributed by atoms with Crippen LogP contribution < -0.4 is 10.6 Å². The number of ether oxygens (including phenoxy) is 1. The van der Waals surface area contributed by atoms with Crippen LogP contribution in [-0.4, -0.2) is 36.0 Å². The predicted molar refractivity (Wildman–Crippen MR) is 63.2 cm³/mol. The second-order valence-corrected chi connectivity index (χ2v) is 4.42. The van der Waals surface area contributed by atoms with Crippen LogP contribution in [0.15, 0.2) is 12.1 Å². The standard InChI is InChI=1S/C11H18N4O/c1-8(2)9-7-15(5-6-16-9)11-4-3-10(12)13-14-11/h3-4,8-9H,5-7H2,1-2H3,(H2,12,13). The Morgan fingerprint density at radius 3 is 2.88 bits per heavy atom. The Morgan fingerprint density at radius 1 is 1.44 bits per heavy atom. The first-order valence-corrected chi connectivity index (χ1v) is 5.62. The minimum atomic E-state index is 0.271. The molecule has 0 saturated carbocycles. The van der Waals surface area contributed by atoms with Gasteiger partial charge in [0.25, 0.3) is 0 Å². The minimum absolute atomic E-state index is 0.271. The summed E-state index contributed by atoms with van der Waals surface area (Å²) in [7, 11) is 0. The zero-order valence-electron chi connectivity index (χ0n) is 9.76. The molecule has 1 unspecified atom stereocenters. The average Bonchev–Trinajstić information content (AvgIpc) is 2.30. The summed E-state index contributed by atoms with van der Waals surface area (Å²) >= 11 is 0. The Morgan fingerprint density at radius 2 is 2.25 bits per heavy atom. The van der Waals surface area contributed by atoms with E-state index in [1.54, 1.807) is 6.07 Å². The van der Waals surface area contributed by atoms with Crippen molar-refractivity contribution >= 4 is 11.6 Å². The number of rotatable bonds is 2. The van der Waals surface area contributed by atoms with Gasteiger partial charge in [-0.05, 0) is 18.1 Å². The summed E-state index contributed by atoms with van der Waals surface area (Å²) in [6.45, 7) is 6.82. The maximum atomic E-state index is 5.70. The van der Waals surface area contributed by atoms with E-state index in [1.807, 2.05) is 6.07 Å². The van der Waals surface area contributed by atoms with Gasteiger partial charge in [0.15, 0.2) is 5.82 Å². The Bertz CT molecular complexity index is 338. The summed E-state index contributed by atoms with van der Waals surface area (Å²) in [6, 6.07) is 3.69. The molecule has 1 aromatic rings. The van der Waals surface area contributed by atoms with Crippen LogP contribution in [0.25, 0.3) is 0 Å². The fraction of sp³-hybridized carbons (Fsp3) is 0.636. The highest BCUT2D eigenvalue weighted by Gasteiger charge is 2.23. The second kappa shape index (κ2) is 4.65. The number of nitrogens with zero attached hydrogens (tertiary/aromatic N) is 3. The van der Waals surface area contributed by atoms with Crippen LogP contribution in [0.3, 0.4) is 0 Å². The van der Waals surface area contributed by atoms with Gasteiger partial charge in [-0.2, -0.15) is 0 Å². The molecule has 16 heavy (non-hydrogen) atoms. The number of hydrogen-bond donors (Lipinski definition) is 1. The lowest BCUT2D eigenvalue weighted by Gasteiger charge is -2.35. The summed E-state index contributed by atoms with van der Waals surface area (Å²) in [6.07, 6.45) is 0.271. The van der Waals surface area contributed by atoms with Crippen molar-refractivity contribution < 1.29 is 4.74 Å². The third-order valence-corrected chi connectivity index (χ3v) is 2.83. The average molecular weight is 222 g/mol. The molecule has 2 N–H and O–H groups in total. The second-order valence-electron chi connectivity index (χ2n) is 4.42. The Balaban J connectivity index is 2.06. The van der Waals surface area contributed by atoms with Gasteiger partial charge in [0.2, 0.25) is 0 Å². The highest BCUT2D eigenvalue weighted by Crippen LogP contribution is 2.18.